The van der Waals surface area contributed by atoms with Crippen LogP contribution in [0.1, 0.15) is 38.5 Å². The minimum Gasteiger partial charge on any atom is -0.481 e. The summed E-state index contributed by atoms with van der Waals surface area (Å²) in [5, 5.41) is 22.8. The highest BCUT2D eigenvalue weighted by molar-refractivity contribution is 5.83. The van der Waals surface area contributed by atoms with Crippen LogP contribution in [0.5, 0.6) is 0 Å². The van der Waals surface area contributed by atoms with Crippen molar-refractivity contribution < 1.29 is 9.90 Å². The summed E-state index contributed by atoms with van der Waals surface area (Å²) in [6.07, 6.45) is 10.0. The molecular formula is C15H21N5O2. The maximum absolute atomic E-state index is 10.4. The molecule has 0 aromatic carbocycles. The van der Waals surface area contributed by atoms with Gasteiger partial charge in [0.05, 0.1) is 5.69 Å². The Morgan fingerprint density at radius 1 is 1.23 bits per heavy atom. The van der Waals surface area contributed by atoms with E-state index in [9.17, 15) is 4.79 Å². The van der Waals surface area contributed by atoms with Crippen LogP contribution in [-0.2, 0) is 4.79 Å². The Labute approximate surface area is 130 Å². The molecule has 0 aliphatic heterocycles. The minimum atomic E-state index is -0.735. The molecule has 0 atom stereocenters. The zero-order valence-electron chi connectivity index (χ0n) is 12.5. The summed E-state index contributed by atoms with van der Waals surface area (Å²) < 4.78 is 0. The average molecular weight is 303 g/mol. The number of pyridine rings is 1. The van der Waals surface area contributed by atoms with Gasteiger partial charge in [-0.25, -0.2) is 4.99 Å². The molecule has 1 heterocycles. The van der Waals surface area contributed by atoms with Crippen LogP contribution in [-0.4, -0.2) is 28.6 Å². The van der Waals surface area contributed by atoms with Crippen molar-refractivity contribution in [3.05, 3.63) is 24.5 Å². The SMILES string of the molecule is N#CNC(=Nc1ccncc1)NCCCCCCCC(=O)O. The number of nitriles is 1. The smallest absolute Gasteiger partial charge is 0.303 e. The van der Waals surface area contributed by atoms with Crippen LogP contribution >= 0.6 is 0 Å². The number of carbonyl (C=O) groups is 1. The monoisotopic (exact) mass is 303 g/mol. The second-order valence-electron chi connectivity index (χ2n) is 4.74. The highest BCUT2D eigenvalue weighted by Gasteiger charge is 1.99. The van der Waals surface area contributed by atoms with Crippen molar-refractivity contribution in [1.29, 1.82) is 5.26 Å². The maximum atomic E-state index is 10.4. The van der Waals surface area contributed by atoms with Crippen LogP contribution in [0.25, 0.3) is 0 Å². The van der Waals surface area contributed by atoms with E-state index in [0.29, 0.717) is 18.2 Å². The molecule has 0 unspecified atom stereocenters. The van der Waals surface area contributed by atoms with Gasteiger partial charge in [-0.1, -0.05) is 19.3 Å². The Kier molecular flexibility index (Phi) is 8.78. The third kappa shape index (κ3) is 8.53. The van der Waals surface area contributed by atoms with Gasteiger partial charge in [-0.3, -0.25) is 15.1 Å². The molecule has 1 rings (SSSR count). The van der Waals surface area contributed by atoms with Crippen LogP contribution in [0.3, 0.4) is 0 Å². The number of carboxylic acids is 1. The number of guanidine groups is 1. The first-order valence-electron chi connectivity index (χ1n) is 7.32. The van der Waals surface area contributed by atoms with E-state index in [1.807, 2.05) is 6.19 Å². The lowest BCUT2D eigenvalue weighted by atomic mass is 10.1. The summed E-state index contributed by atoms with van der Waals surface area (Å²) in [5.74, 6) is -0.319. The largest absolute Gasteiger partial charge is 0.481 e. The molecule has 0 aliphatic rings. The molecule has 0 radical (unpaired) electrons. The molecule has 1 aromatic heterocycles. The number of hydrogen-bond donors (Lipinski definition) is 3. The summed E-state index contributed by atoms with van der Waals surface area (Å²) in [6, 6.07) is 3.51. The minimum absolute atomic E-state index is 0.243. The van der Waals surface area contributed by atoms with Crippen LogP contribution < -0.4 is 10.6 Å². The van der Waals surface area contributed by atoms with Gasteiger partial charge in [0.15, 0.2) is 6.19 Å². The molecule has 22 heavy (non-hydrogen) atoms. The summed E-state index contributed by atoms with van der Waals surface area (Å²) in [6.45, 7) is 0.706. The zero-order valence-corrected chi connectivity index (χ0v) is 12.5. The predicted molar refractivity (Wildman–Crippen MR) is 83.4 cm³/mol. The van der Waals surface area contributed by atoms with Crippen LogP contribution in [0.15, 0.2) is 29.5 Å². The van der Waals surface area contributed by atoms with Gasteiger partial charge >= 0.3 is 5.97 Å². The lowest BCUT2D eigenvalue weighted by molar-refractivity contribution is -0.137. The lowest BCUT2D eigenvalue weighted by Gasteiger charge is -2.07. The lowest BCUT2D eigenvalue weighted by Crippen LogP contribution is -2.34. The number of unbranched alkanes of at least 4 members (excludes halogenated alkanes) is 4. The molecular weight excluding hydrogens is 282 g/mol. The van der Waals surface area contributed by atoms with Crippen LogP contribution in [0, 0.1) is 11.5 Å². The Hall–Kier alpha value is -2.62. The fourth-order valence-electron chi connectivity index (χ4n) is 1.85. The molecule has 0 saturated heterocycles. The van der Waals surface area contributed by atoms with Gasteiger partial charge in [0.25, 0.3) is 0 Å². The molecule has 0 fully saturated rings. The van der Waals surface area contributed by atoms with Gasteiger partial charge in [-0.15, -0.1) is 0 Å². The standard InChI is InChI=1S/C15H21N5O2/c16-12-19-15(20-13-7-10-17-11-8-13)18-9-5-3-1-2-4-6-14(21)22/h7-8,10-11H,1-6,9H2,(H,21,22)(H2,17,18,19,20). The molecule has 0 amide bonds. The first-order chi connectivity index (χ1) is 10.7. The second kappa shape index (κ2) is 11.1. The van der Waals surface area contributed by atoms with E-state index in [0.717, 1.165) is 32.1 Å². The first-order valence-corrected chi connectivity index (χ1v) is 7.32. The van der Waals surface area contributed by atoms with Crippen LogP contribution in [0.2, 0.25) is 0 Å². The molecule has 0 aliphatic carbocycles. The van der Waals surface area contributed by atoms with Gasteiger partial charge < -0.3 is 10.4 Å². The molecule has 0 bridgehead atoms. The van der Waals surface area contributed by atoms with Crippen molar-refractivity contribution in [2.45, 2.75) is 38.5 Å². The van der Waals surface area contributed by atoms with Crippen molar-refractivity contribution in [2.24, 2.45) is 4.99 Å². The fourth-order valence-corrected chi connectivity index (χ4v) is 1.85. The van der Waals surface area contributed by atoms with E-state index >= 15 is 0 Å². The molecule has 7 heteroatoms. The molecule has 118 valence electrons. The van der Waals surface area contributed by atoms with Crippen molar-refractivity contribution in [2.75, 3.05) is 6.54 Å². The summed E-state index contributed by atoms with van der Waals surface area (Å²) in [5.41, 5.74) is 0.717. The Balaban J connectivity index is 2.21. The summed E-state index contributed by atoms with van der Waals surface area (Å²) in [7, 11) is 0. The number of aliphatic imine (C=N–C) groups is 1. The van der Waals surface area contributed by atoms with E-state index in [1.54, 1.807) is 24.5 Å². The number of nitrogens with one attached hydrogen (secondary N) is 2. The average Bonchev–Trinajstić information content (AvgIpc) is 2.50. The quantitative estimate of drug-likeness (QED) is 0.212. The topological polar surface area (TPSA) is 110 Å². The molecule has 7 nitrogen and oxygen atoms in total. The molecule has 1 aromatic rings. The summed E-state index contributed by atoms with van der Waals surface area (Å²) in [4.78, 5) is 18.6. The van der Waals surface area contributed by atoms with E-state index in [2.05, 4.69) is 20.6 Å². The van der Waals surface area contributed by atoms with E-state index < -0.39 is 5.97 Å². The number of aromatic nitrogens is 1. The van der Waals surface area contributed by atoms with Crippen LogP contribution in [0.4, 0.5) is 5.69 Å². The highest BCUT2D eigenvalue weighted by atomic mass is 16.4. The third-order valence-electron chi connectivity index (χ3n) is 2.94. The van der Waals surface area contributed by atoms with E-state index in [1.165, 1.54) is 0 Å². The first kappa shape index (κ1) is 17.4. The van der Waals surface area contributed by atoms with Crippen molar-refractivity contribution in [1.82, 2.24) is 15.6 Å². The second-order valence-corrected chi connectivity index (χ2v) is 4.74. The normalized spacial score (nSPS) is 10.8. The van der Waals surface area contributed by atoms with Gasteiger partial charge in [-0.2, -0.15) is 5.26 Å². The summed E-state index contributed by atoms with van der Waals surface area (Å²) >= 11 is 0. The van der Waals surface area contributed by atoms with Crippen molar-refractivity contribution in [3.8, 4) is 6.19 Å². The molecule has 0 saturated carbocycles. The van der Waals surface area contributed by atoms with Gasteiger partial charge in [0, 0.05) is 25.4 Å². The van der Waals surface area contributed by atoms with E-state index in [-0.39, 0.29) is 6.42 Å². The zero-order chi connectivity index (χ0) is 16.0. The third-order valence-corrected chi connectivity index (χ3v) is 2.94. The van der Waals surface area contributed by atoms with Crippen molar-refractivity contribution in [3.63, 3.8) is 0 Å². The fraction of sp³-hybridized carbons (Fsp3) is 0.467. The number of rotatable bonds is 9. The Bertz CT molecular complexity index is 510. The number of nitrogens with zero attached hydrogens (tertiary/aromatic N) is 3. The van der Waals surface area contributed by atoms with Gasteiger partial charge in [-0.05, 0) is 25.0 Å². The van der Waals surface area contributed by atoms with Gasteiger partial charge in [0.2, 0.25) is 5.96 Å². The van der Waals surface area contributed by atoms with E-state index in [4.69, 9.17) is 10.4 Å². The number of hydrogen-bond acceptors (Lipinski definition) is 4. The van der Waals surface area contributed by atoms with Crippen molar-refractivity contribution >= 4 is 17.6 Å². The number of carboxylic acid groups (broad SMARTS) is 1. The molecule has 0 spiro atoms. The number of aliphatic carboxylic acids is 1. The predicted octanol–water partition coefficient (Wildman–Crippen LogP) is 2.15. The highest BCUT2D eigenvalue weighted by Crippen LogP contribution is 2.08. The Morgan fingerprint density at radius 3 is 2.59 bits per heavy atom. The molecule has 3 N–H and O–H groups in total. The Morgan fingerprint density at radius 2 is 1.91 bits per heavy atom. The van der Waals surface area contributed by atoms with Gasteiger partial charge in [0.1, 0.15) is 0 Å². The maximum Gasteiger partial charge on any atom is 0.303 e.